The van der Waals surface area contributed by atoms with Crippen LogP contribution in [0.5, 0.6) is 17.2 Å². The molecule has 25 heavy (non-hydrogen) atoms. The van der Waals surface area contributed by atoms with E-state index in [9.17, 15) is 9.90 Å². The van der Waals surface area contributed by atoms with Gasteiger partial charge in [0.2, 0.25) is 0 Å². The van der Waals surface area contributed by atoms with E-state index in [0.717, 1.165) is 22.4 Å². The molecule has 0 aliphatic heterocycles. The van der Waals surface area contributed by atoms with Gasteiger partial charge in [-0.15, -0.1) is 0 Å². The fraction of sp³-hybridized carbons (Fsp3) is 0.350. The number of carboxylic acids is 1. The molecule has 0 saturated heterocycles. The topological polar surface area (TPSA) is 65.0 Å². The van der Waals surface area contributed by atoms with Gasteiger partial charge in [-0.05, 0) is 67.3 Å². The maximum atomic E-state index is 11.9. The van der Waals surface area contributed by atoms with Gasteiger partial charge in [0.05, 0.1) is 26.7 Å². The van der Waals surface area contributed by atoms with Crippen LogP contribution in [0.2, 0.25) is 0 Å². The molecular formula is C20H24O5. The lowest BCUT2D eigenvalue weighted by Crippen LogP contribution is -2.16. The molecule has 5 heteroatoms. The van der Waals surface area contributed by atoms with Crippen LogP contribution in [-0.2, 0) is 11.2 Å². The minimum Gasteiger partial charge on any atom is -0.497 e. The molecule has 2 rings (SSSR count). The van der Waals surface area contributed by atoms with E-state index < -0.39 is 11.9 Å². The molecule has 1 unspecified atom stereocenters. The number of aryl methyl sites for hydroxylation is 1. The molecule has 0 amide bonds. The monoisotopic (exact) mass is 344 g/mol. The van der Waals surface area contributed by atoms with E-state index >= 15 is 0 Å². The Balaban J connectivity index is 2.38. The van der Waals surface area contributed by atoms with Crippen molar-refractivity contribution in [2.75, 3.05) is 20.8 Å². The van der Waals surface area contributed by atoms with E-state index in [-0.39, 0.29) is 0 Å². The second-order valence-corrected chi connectivity index (χ2v) is 5.72. The molecule has 0 spiro atoms. The van der Waals surface area contributed by atoms with Gasteiger partial charge in [-0.3, -0.25) is 4.79 Å². The zero-order valence-electron chi connectivity index (χ0n) is 15.0. The van der Waals surface area contributed by atoms with Crippen LogP contribution in [0.15, 0.2) is 36.4 Å². The van der Waals surface area contributed by atoms with E-state index in [1.807, 2.05) is 38.1 Å². The Morgan fingerprint density at radius 1 is 1.08 bits per heavy atom. The Hall–Kier alpha value is -2.69. The fourth-order valence-electron chi connectivity index (χ4n) is 2.89. The molecule has 5 nitrogen and oxygen atoms in total. The Labute approximate surface area is 148 Å². The maximum Gasteiger partial charge on any atom is 0.311 e. The molecule has 0 saturated carbocycles. The van der Waals surface area contributed by atoms with Crippen LogP contribution in [0.3, 0.4) is 0 Å². The van der Waals surface area contributed by atoms with Crippen molar-refractivity contribution in [1.29, 1.82) is 0 Å². The van der Waals surface area contributed by atoms with Crippen LogP contribution < -0.4 is 14.2 Å². The molecule has 0 aliphatic carbocycles. The zero-order valence-corrected chi connectivity index (χ0v) is 15.0. The van der Waals surface area contributed by atoms with E-state index in [1.54, 1.807) is 26.4 Å². The van der Waals surface area contributed by atoms with Crippen LogP contribution in [0.25, 0.3) is 0 Å². The highest BCUT2D eigenvalue weighted by molar-refractivity contribution is 5.77. The molecule has 2 aromatic carbocycles. The molecule has 134 valence electrons. The van der Waals surface area contributed by atoms with Crippen molar-refractivity contribution in [2.24, 2.45) is 0 Å². The van der Waals surface area contributed by atoms with Gasteiger partial charge < -0.3 is 19.3 Å². The van der Waals surface area contributed by atoms with Gasteiger partial charge in [-0.1, -0.05) is 6.07 Å². The number of aliphatic carboxylic acids is 1. The Morgan fingerprint density at radius 2 is 1.80 bits per heavy atom. The Bertz CT molecular complexity index is 739. The standard InChI is InChI=1S/C20H24O5/c1-5-25-16-6-8-17(13(2)10-16)18(20(21)22)12-14-11-15(23-3)7-9-19(14)24-4/h6-11,18H,5,12H2,1-4H3,(H,21,22). The number of carboxylic acid groups (broad SMARTS) is 1. The van der Waals surface area contributed by atoms with Crippen LogP contribution in [0.1, 0.15) is 29.5 Å². The molecule has 0 heterocycles. The quantitative estimate of drug-likeness (QED) is 0.788. The van der Waals surface area contributed by atoms with Gasteiger partial charge in [-0.25, -0.2) is 0 Å². The SMILES string of the molecule is CCOc1ccc(C(Cc2cc(OC)ccc2OC)C(=O)O)c(C)c1. The number of methoxy groups -OCH3 is 2. The van der Waals surface area contributed by atoms with Gasteiger partial charge in [0.15, 0.2) is 0 Å². The summed E-state index contributed by atoms with van der Waals surface area (Å²) in [4.78, 5) is 11.9. The highest BCUT2D eigenvalue weighted by atomic mass is 16.5. The average molecular weight is 344 g/mol. The van der Waals surface area contributed by atoms with Gasteiger partial charge in [0, 0.05) is 0 Å². The number of rotatable bonds is 8. The molecule has 0 aromatic heterocycles. The predicted molar refractivity (Wildman–Crippen MR) is 96.0 cm³/mol. The average Bonchev–Trinajstić information content (AvgIpc) is 2.60. The van der Waals surface area contributed by atoms with Crippen LogP contribution >= 0.6 is 0 Å². The van der Waals surface area contributed by atoms with E-state index in [0.29, 0.717) is 24.5 Å². The Morgan fingerprint density at radius 3 is 2.36 bits per heavy atom. The van der Waals surface area contributed by atoms with Crippen LogP contribution in [-0.4, -0.2) is 31.9 Å². The Kier molecular flexibility index (Phi) is 6.28. The van der Waals surface area contributed by atoms with Crippen LogP contribution in [0, 0.1) is 6.92 Å². The van der Waals surface area contributed by atoms with Crippen LogP contribution in [0.4, 0.5) is 0 Å². The molecule has 0 bridgehead atoms. The number of hydrogen-bond acceptors (Lipinski definition) is 4. The molecule has 0 radical (unpaired) electrons. The molecule has 2 aromatic rings. The molecule has 1 N–H and O–H groups in total. The van der Waals surface area contributed by atoms with Crippen molar-refractivity contribution >= 4 is 5.97 Å². The third kappa shape index (κ3) is 4.44. The maximum absolute atomic E-state index is 11.9. The van der Waals surface area contributed by atoms with Crippen molar-refractivity contribution in [3.63, 3.8) is 0 Å². The van der Waals surface area contributed by atoms with Crippen molar-refractivity contribution in [1.82, 2.24) is 0 Å². The zero-order chi connectivity index (χ0) is 18.4. The summed E-state index contributed by atoms with van der Waals surface area (Å²) in [7, 11) is 3.15. The summed E-state index contributed by atoms with van der Waals surface area (Å²) in [5.74, 6) is 0.500. The lowest BCUT2D eigenvalue weighted by atomic mass is 9.88. The van der Waals surface area contributed by atoms with Crippen molar-refractivity contribution in [3.8, 4) is 17.2 Å². The first-order chi connectivity index (χ1) is 12.0. The van der Waals surface area contributed by atoms with Gasteiger partial charge in [0.1, 0.15) is 17.2 Å². The van der Waals surface area contributed by atoms with E-state index in [1.165, 1.54) is 0 Å². The molecule has 0 aliphatic rings. The summed E-state index contributed by atoms with van der Waals surface area (Å²) in [6.45, 7) is 4.39. The smallest absolute Gasteiger partial charge is 0.311 e. The second kappa shape index (κ2) is 8.42. The van der Waals surface area contributed by atoms with Gasteiger partial charge in [0.25, 0.3) is 0 Å². The predicted octanol–water partition coefficient (Wildman–Crippen LogP) is 3.82. The van der Waals surface area contributed by atoms with Gasteiger partial charge >= 0.3 is 5.97 Å². The first-order valence-corrected chi connectivity index (χ1v) is 8.17. The molecule has 0 fully saturated rings. The number of benzene rings is 2. The first kappa shape index (κ1) is 18.6. The normalized spacial score (nSPS) is 11.7. The summed E-state index contributed by atoms with van der Waals surface area (Å²) < 4.78 is 16.1. The second-order valence-electron chi connectivity index (χ2n) is 5.72. The third-order valence-corrected chi connectivity index (χ3v) is 4.14. The molecule has 1 atom stereocenters. The summed E-state index contributed by atoms with van der Waals surface area (Å²) in [5.41, 5.74) is 2.45. The molecular weight excluding hydrogens is 320 g/mol. The van der Waals surface area contributed by atoms with Crippen molar-refractivity contribution < 1.29 is 24.1 Å². The van der Waals surface area contributed by atoms with Crippen molar-refractivity contribution in [2.45, 2.75) is 26.2 Å². The summed E-state index contributed by atoms with van der Waals surface area (Å²) in [5, 5.41) is 9.77. The highest BCUT2D eigenvalue weighted by Gasteiger charge is 2.24. The first-order valence-electron chi connectivity index (χ1n) is 8.17. The summed E-state index contributed by atoms with van der Waals surface area (Å²) >= 11 is 0. The lowest BCUT2D eigenvalue weighted by molar-refractivity contribution is -0.138. The largest absolute Gasteiger partial charge is 0.497 e. The number of ether oxygens (including phenoxy) is 3. The van der Waals surface area contributed by atoms with Gasteiger partial charge in [-0.2, -0.15) is 0 Å². The summed E-state index contributed by atoms with van der Waals surface area (Å²) in [6.07, 6.45) is 0.310. The third-order valence-electron chi connectivity index (χ3n) is 4.14. The van der Waals surface area contributed by atoms with E-state index in [2.05, 4.69) is 0 Å². The van der Waals surface area contributed by atoms with Crippen molar-refractivity contribution in [3.05, 3.63) is 53.1 Å². The summed E-state index contributed by atoms with van der Waals surface area (Å²) in [6, 6.07) is 10.9. The minimum atomic E-state index is -0.878. The number of carbonyl (C=O) groups is 1. The highest BCUT2D eigenvalue weighted by Crippen LogP contribution is 2.32. The fourth-order valence-corrected chi connectivity index (χ4v) is 2.89. The number of hydrogen-bond donors (Lipinski definition) is 1. The minimum absolute atomic E-state index is 0.310. The lowest BCUT2D eigenvalue weighted by Gasteiger charge is -2.18. The van der Waals surface area contributed by atoms with E-state index in [4.69, 9.17) is 14.2 Å².